The Balaban J connectivity index is 1.48. The summed E-state index contributed by atoms with van der Waals surface area (Å²) < 4.78 is 7.65. The number of hydrogen-bond donors (Lipinski definition) is 1. The maximum Gasteiger partial charge on any atom is 0.322 e. The van der Waals surface area contributed by atoms with Crippen molar-refractivity contribution >= 4 is 34.7 Å². The lowest BCUT2D eigenvalue weighted by molar-refractivity contribution is 0.194. The zero-order chi connectivity index (χ0) is 23.9. The Labute approximate surface area is 213 Å². The second kappa shape index (κ2) is 9.10. The number of ether oxygens (including phenoxy) is 1. The van der Waals surface area contributed by atoms with Crippen molar-refractivity contribution in [2.75, 3.05) is 12.4 Å². The van der Waals surface area contributed by atoms with Gasteiger partial charge in [-0.2, -0.15) is 0 Å². The largest absolute Gasteiger partial charge is 0.497 e. The summed E-state index contributed by atoms with van der Waals surface area (Å²) in [7, 11) is 1.63. The van der Waals surface area contributed by atoms with Crippen LogP contribution in [0, 0.1) is 0 Å². The van der Waals surface area contributed by atoms with E-state index in [1.54, 1.807) is 7.11 Å². The highest BCUT2D eigenvalue weighted by molar-refractivity contribution is 7.15. The van der Waals surface area contributed by atoms with E-state index in [0.29, 0.717) is 23.0 Å². The Morgan fingerprint density at radius 3 is 2.71 bits per heavy atom. The molecule has 35 heavy (non-hydrogen) atoms. The third-order valence-corrected chi connectivity index (χ3v) is 8.53. The Morgan fingerprint density at radius 2 is 1.89 bits per heavy atom. The van der Waals surface area contributed by atoms with Gasteiger partial charge >= 0.3 is 6.03 Å². The number of aromatic nitrogens is 1. The molecule has 2 aromatic heterocycles. The van der Waals surface area contributed by atoms with Crippen LogP contribution in [0.25, 0.3) is 5.00 Å². The number of fused-ring (bicyclic) bond motifs is 5. The van der Waals surface area contributed by atoms with Gasteiger partial charge in [-0.15, -0.1) is 11.3 Å². The first-order valence-electron chi connectivity index (χ1n) is 11.9. The second-order valence-corrected chi connectivity index (χ2v) is 10.6. The molecule has 4 aromatic rings. The number of hydrogen-bond acceptors (Lipinski definition) is 3. The fourth-order valence-electron chi connectivity index (χ4n) is 5.28. The molecule has 0 unspecified atom stereocenters. The van der Waals surface area contributed by atoms with Crippen molar-refractivity contribution in [3.63, 3.8) is 0 Å². The molecule has 1 atom stereocenters. The molecule has 0 saturated heterocycles. The zero-order valence-electron chi connectivity index (χ0n) is 19.5. The van der Waals surface area contributed by atoms with Crippen LogP contribution >= 0.6 is 22.9 Å². The SMILES string of the molecule is COc1cccc(NC(=O)N2Cc3c(sc4c3CCCC4)-n3cccc3[C@@H]2c2ccc(Cl)cc2)c1. The fraction of sp³-hybridized carbons (Fsp3) is 0.250. The lowest BCUT2D eigenvalue weighted by Crippen LogP contribution is -2.38. The van der Waals surface area contributed by atoms with E-state index in [4.69, 9.17) is 16.3 Å². The molecule has 1 aliphatic carbocycles. The number of rotatable bonds is 3. The van der Waals surface area contributed by atoms with Gasteiger partial charge in [-0.1, -0.05) is 29.8 Å². The first-order valence-corrected chi connectivity index (χ1v) is 13.1. The average Bonchev–Trinajstić information content (AvgIpc) is 3.47. The van der Waals surface area contributed by atoms with Gasteiger partial charge in [-0.05, 0) is 73.2 Å². The van der Waals surface area contributed by atoms with Crippen LogP contribution < -0.4 is 10.1 Å². The van der Waals surface area contributed by atoms with Crippen LogP contribution in [0.3, 0.4) is 0 Å². The Hall–Kier alpha value is -3.22. The molecule has 178 valence electrons. The lowest BCUT2D eigenvalue weighted by atomic mass is 9.95. The molecule has 5 nitrogen and oxygen atoms in total. The topological polar surface area (TPSA) is 46.5 Å². The van der Waals surface area contributed by atoms with Gasteiger partial charge < -0.3 is 19.5 Å². The first-order chi connectivity index (χ1) is 17.1. The summed E-state index contributed by atoms with van der Waals surface area (Å²) in [5, 5.41) is 5.05. The Kier molecular flexibility index (Phi) is 5.78. The lowest BCUT2D eigenvalue weighted by Gasteiger charge is -2.31. The fourth-order valence-corrected chi connectivity index (χ4v) is 6.81. The highest BCUT2D eigenvalue weighted by Gasteiger charge is 2.36. The molecule has 0 radical (unpaired) electrons. The van der Waals surface area contributed by atoms with Crippen LogP contribution in [0.15, 0.2) is 66.9 Å². The summed E-state index contributed by atoms with van der Waals surface area (Å²) >= 11 is 8.11. The van der Waals surface area contributed by atoms with E-state index < -0.39 is 0 Å². The van der Waals surface area contributed by atoms with Crippen molar-refractivity contribution in [1.29, 1.82) is 0 Å². The number of anilines is 1. The van der Waals surface area contributed by atoms with Crippen molar-refractivity contribution < 1.29 is 9.53 Å². The molecule has 2 aromatic carbocycles. The smallest absolute Gasteiger partial charge is 0.322 e. The van der Waals surface area contributed by atoms with E-state index in [1.807, 2.05) is 64.8 Å². The molecule has 2 amide bonds. The van der Waals surface area contributed by atoms with E-state index >= 15 is 0 Å². The molecular formula is C28H26ClN3O2S. The molecule has 0 spiro atoms. The molecule has 0 saturated carbocycles. The highest BCUT2D eigenvalue weighted by atomic mass is 35.5. The van der Waals surface area contributed by atoms with Crippen LogP contribution in [0.1, 0.15) is 46.1 Å². The van der Waals surface area contributed by atoms with E-state index in [1.165, 1.54) is 33.8 Å². The van der Waals surface area contributed by atoms with Crippen LogP contribution in [-0.4, -0.2) is 22.6 Å². The number of nitrogens with zero attached hydrogens (tertiary/aromatic N) is 2. The molecule has 1 N–H and O–H groups in total. The molecule has 6 rings (SSSR count). The number of nitrogens with one attached hydrogen (secondary N) is 1. The normalized spacial score (nSPS) is 16.6. The van der Waals surface area contributed by atoms with Gasteiger partial charge in [0.15, 0.2) is 0 Å². The maximum absolute atomic E-state index is 13.9. The van der Waals surface area contributed by atoms with E-state index in [9.17, 15) is 4.79 Å². The van der Waals surface area contributed by atoms with Gasteiger partial charge in [0.05, 0.1) is 25.4 Å². The summed E-state index contributed by atoms with van der Waals surface area (Å²) in [6.07, 6.45) is 6.77. The van der Waals surface area contributed by atoms with Gasteiger partial charge in [0, 0.05) is 33.4 Å². The monoisotopic (exact) mass is 503 g/mol. The van der Waals surface area contributed by atoms with Gasteiger partial charge in [-0.3, -0.25) is 0 Å². The first kappa shape index (κ1) is 22.3. The number of carbonyl (C=O) groups excluding carboxylic acids is 1. The number of amides is 2. The average molecular weight is 504 g/mol. The summed E-state index contributed by atoms with van der Waals surface area (Å²) in [6.45, 7) is 0.548. The number of urea groups is 1. The van der Waals surface area contributed by atoms with Gasteiger partial charge in [0.2, 0.25) is 0 Å². The Morgan fingerprint density at radius 1 is 1.06 bits per heavy atom. The van der Waals surface area contributed by atoms with Crippen LogP contribution in [0.2, 0.25) is 5.02 Å². The van der Waals surface area contributed by atoms with E-state index in [2.05, 4.69) is 28.2 Å². The third kappa shape index (κ3) is 4.01. The van der Waals surface area contributed by atoms with Crippen LogP contribution in [0.4, 0.5) is 10.5 Å². The predicted molar refractivity (Wildman–Crippen MR) is 141 cm³/mol. The van der Waals surface area contributed by atoms with Crippen molar-refractivity contribution in [3.8, 4) is 10.8 Å². The molecule has 1 aliphatic heterocycles. The van der Waals surface area contributed by atoms with Gasteiger partial charge in [0.25, 0.3) is 0 Å². The van der Waals surface area contributed by atoms with Crippen molar-refractivity contribution in [2.45, 2.75) is 38.3 Å². The number of methoxy groups -OCH3 is 1. The minimum absolute atomic E-state index is 0.144. The predicted octanol–water partition coefficient (Wildman–Crippen LogP) is 7.22. The van der Waals surface area contributed by atoms with E-state index in [-0.39, 0.29) is 12.1 Å². The third-order valence-electron chi connectivity index (χ3n) is 6.95. The zero-order valence-corrected chi connectivity index (χ0v) is 21.0. The number of halogens is 1. The summed E-state index contributed by atoms with van der Waals surface area (Å²) in [5.74, 6) is 0.705. The molecule has 2 aliphatic rings. The molecule has 3 heterocycles. The minimum Gasteiger partial charge on any atom is -0.497 e. The van der Waals surface area contributed by atoms with Crippen LogP contribution in [-0.2, 0) is 19.4 Å². The van der Waals surface area contributed by atoms with Gasteiger partial charge in [0.1, 0.15) is 10.8 Å². The van der Waals surface area contributed by atoms with Crippen molar-refractivity contribution in [2.24, 2.45) is 0 Å². The van der Waals surface area contributed by atoms with Gasteiger partial charge in [-0.25, -0.2) is 4.79 Å². The number of benzene rings is 2. The van der Waals surface area contributed by atoms with E-state index in [0.717, 1.165) is 24.1 Å². The van der Waals surface area contributed by atoms with Crippen LogP contribution in [0.5, 0.6) is 5.75 Å². The minimum atomic E-state index is -0.258. The molecule has 0 bridgehead atoms. The summed E-state index contributed by atoms with van der Waals surface area (Å²) in [4.78, 5) is 17.4. The number of aryl methyl sites for hydroxylation is 1. The molecular weight excluding hydrogens is 478 g/mol. The van der Waals surface area contributed by atoms with Crippen molar-refractivity contribution in [1.82, 2.24) is 9.47 Å². The quantitative estimate of drug-likeness (QED) is 0.321. The van der Waals surface area contributed by atoms with Crippen molar-refractivity contribution in [3.05, 3.63) is 99.1 Å². The summed E-state index contributed by atoms with van der Waals surface area (Å²) in [6, 6.07) is 19.1. The summed E-state index contributed by atoms with van der Waals surface area (Å²) in [5.41, 5.74) is 5.52. The maximum atomic E-state index is 13.9. The highest BCUT2D eigenvalue weighted by Crippen LogP contribution is 2.44. The Bertz CT molecular complexity index is 1390. The molecule has 7 heteroatoms. The standard InChI is InChI=1S/C28H26ClN3O2S/c1-34-21-7-4-6-20(16-21)30-28(33)32-17-23-22-8-2-3-10-25(22)35-27(23)31-15-5-9-24(31)26(32)18-11-13-19(29)14-12-18/h4-7,9,11-16,26H,2-3,8,10,17H2,1H3,(H,30,33)/t26-/m0/s1. The number of thiophene rings is 1. The second-order valence-electron chi connectivity index (χ2n) is 9.04. The molecule has 0 fully saturated rings. The number of carbonyl (C=O) groups is 1.